The largest absolute Gasteiger partial charge is 0.444 e. The number of ether oxygens (including phenoxy) is 1. The van der Waals surface area contributed by atoms with Crippen molar-refractivity contribution in [2.75, 3.05) is 20.1 Å². The average Bonchev–Trinajstić information content (AvgIpc) is 2.34. The number of hydrogen-bond acceptors (Lipinski definition) is 3. The Kier molecular flexibility index (Phi) is 4.62. The molecule has 0 radical (unpaired) electrons. The summed E-state index contributed by atoms with van der Waals surface area (Å²) in [6.07, 6.45) is 7.08. The van der Waals surface area contributed by atoms with Crippen LogP contribution in [0.2, 0.25) is 0 Å². The molecule has 2 fully saturated rings. The molecule has 4 heteroatoms. The molecule has 1 spiro atoms. The van der Waals surface area contributed by atoms with Crippen LogP contribution in [0.5, 0.6) is 0 Å². The summed E-state index contributed by atoms with van der Waals surface area (Å²) in [4.78, 5) is 14.2. The van der Waals surface area contributed by atoms with Crippen LogP contribution in [0.1, 0.15) is 59.3 Å². The molecule has 2 rings (SSSR count). The quantitative estimate of drug-likeness (QED) is 0.803. The van der Waals surface area contributed by atoms with Gasteiger partial charge in [0.25, 0.3) is 0 Å². The predicted octanol–water partition coefficient (Wildman–Crippen LogP) is 3.17. The lowest BCUT2D eigenvalue weighted by Crippen LogP contribution is -2.45. The third-order valence-corrected chi connectivity index (χ3v) is 4.81. The van der Waals surface area contributed by atoms with E-state index in [1.165, 1.54) is 38.8 Å². The van der Waals surface area contributed by atoms with Crippen LogP contribution in [0, 0.1) is 5.41 Å². The van der Waals surface area contributed by atoms with Crippen LogP contribution in [0.25, 0.3) is 0 Å². The number of alkyl carbamates (subject to hydrolysis) is 1. The van der Waals surface area contributed by atoms with Gasteiger partial charge in [-0.25, -0.2) is 4.79 Å². The van der Waals surface area contributed by atoms with Crippen LogP contribution < -0.4 is 5.32 Å². The van der Waals surface area contributed by atoms with E-state index >= 15 is 0 Å². The molecule has 20 heavy (non-hydrogen) atoms. The number of likely N-dealkylation sites (tertiary alicyclic amines) is 1. The number of piperidine rings is 1. The first kappa shape index (κ1) is 15.6. The second-order valence-electron chi connectivity index (χ2n) is 7.72. The van der Waals surface area contributed by atoms with Gasteiger partial charge in [-0.05, 0) is 84.8 Å². The first-order valence-electron chi connectivity index (χ1n) is 7.96. The highest BCUT2D eigenvalue weighted by atomic mass is 16.6. The zero-order chi connectivity index (χ0) is 14.8. The summed E-state index contributed by atoms with van der Waals surface area (Å²) in [6, 6.07) is 0.301. The molecule has 0 aromatic rings. The third kappa shape index (κ3) is 4.37. The van der Waals surface area contributed by atoms with Crippen LogP contribution in [0.3, 0.4) is 0 Å². The van der Waals surface area contributed by atoms with E-state index in [2.05, 4.69) is 17.3 Å². The van der Waals surface area contributed by atoms with E-state index < -0.39 is 5.60 Å². The molecular formula is C16H30N2O2. The van der Waals surface area contributed by atoms with E-state index in [1.54, 1.807) is 0 Å². The molecule has 0 unspecified atom stereocenters. The van der Waals surface area contributed by atoms with Gasteiger partial charge in [-0.2, -0.15) is 0 Å². The summed E-state index contributed by atoms with van der Waals surface area (Å²) in [5.41, 5.74) is 0.145. The maximum atomic E-state index is 11.8. The molecule has 1 saturated heterocycles. The molecule has 116 valence electrons. The molecule has 0 atom stereocenters. The minimum atomic E-state index is -0.409. The fraction of sp³-hybridized carbons (Fsp3) is 0.938. The Hall–Kier alpha value is -0.770. The Morgan fingerprint density at radius 2 is 1.70 bits per heavy atom. The van der Waals surface area contributed by atoms with Gasteiger partial charge in [-0.1, -0.05) is 0 Å². The van der Waals surface area contributed by atoms with Crippen molar-refractivity contribution in [2.24, 2.45) is 5.41 Å². The SMILES string of the molecule is CN1CCC2(CCC(NC(=O)OC(C)(C)C)CC2)CC1. The summed E-state index contributed by atoms with van der Waals surface area (Å²) >= 11 is 0. The second-order valence-corrected chi connectivity index (χ2v) is 7.72. The maximum Gasteiger partial charge on any atom is 0.407 e. The lowest BCUT2D eigenvalue weighted by Gasteiger charge is -2.45. The summed E-state index contributed by atoms with van der Waals surface area (Å²) in [7, 11) is 2.21. The minimum absolute atomic E-state index is 0.262. The van der Waals surface area contributed by atoms with E-state index in [0.29, 0.717) is 11.5 Å². The lowest BCUT2D eigenvalue weighted by atomic mass is 9.67. The molecule has 0 bridgehead atoms. The Morgan fingerprint density at radius 3 is 2.20 bits per heavy atom. The number of nitrogens with zero attached hydrogens (tertiary/aromatic N) is 1. The molecule has 2 aliphatic rings. The molecule has 1 amide bonds. The number of hydrogen-bond donors (Lipinski definition) is 1. The monoisotopic (exact) mass is 282 g/mol. The van der Waals surface area contributed by atoms with Crippen LogP contribution in [-0.4, -0.2) is 42.8 Å². The first-order chi connectivity index (χ1) is 9.28. The minimum Gasteiger partial charge on any atom is -0.444 e. The van der Waals surface area contributed by atoms with Crippen LogP contribution >= 0.6 is 0 Å². The van der Waals surface area contributed by atoms with Gasteiger partial charge < -0.3 is 15.0 Å². The van der Waals surface area contributed by atoms with E-state index in [4.69, 9.17) is 4.74 Å². The van der Waals surface area contributed by atoms with Crippen molar-refractivity contribution in [1.82, 2.24) is 10.2 Å². The second kappa shape index (κ2) is 5.92. The fourth-order valence-corrected chi connectivity index (χ4v) is 3.44. The molecule has 1 saturated carbocycles. The number of carbonyl (C=O) groups is 1. The lowest BCUT2D eigenvalue weighted by molar-refractivity contribution is 0.0407. The normalized spacial score (nSPS) is 24.6. The van der Waals surface area contributed by atoms with Crippen LogP contribution in [-0.2, 0) is 4.74 Å². The van der Waals surface area contributed by atoms with Gasteiger partial charge in [0.1, 0.15) is 5.60 Å². The third-order valence-electron chi connectivity index (χ3n) is 4.81. The summed E-state index contributed by atoms with van der Waals surface area (Å²) in [5, 5.41) is 3.03. The first-order valence-corrected chi connectivity index (χ1v) is 7.96. The molecule has 1 N–H and O–H groups in total. The predicted molar refractivity (Wildman–Crippen MR) is 80.8 cm³/mol. The number of carbonyl (C=O) groups excluding carboxylic acids is 1. The van der Waals surface area contributed by atoms with Gasteiger partial charge in [0.2, 0.25) is 0 Å². The Bertz CT molecular complexity index is 331. The molecule has 0 aromatic carbocycles. The fourth-order valence-electron chi connectivity index (χ4n) is 3.44. The highest BCUT2D eigenvalue weighted by Gasteiger charge is 2.37. The van der Waals surface area contributed by atoms with Gasteiger partial charge in [0, 0.05) is 6.04 Å². The highest BCUT2D eigenvalue weighted by molar-refractivity contribution is 5.68. The molecule has 4 nitrogen and oxygen atoms in total. The van der Waals surface area contributed by atoms with Crippen LogP contribution in [0.4, 0.5) is 4.79 Å². The zero-order valence-electron chi connectivity index (χ0n) is 13.5. The van der Waals surface area contributed by atoms with Crippen molar-refractivity contribution < 1.29 is 9.53 Å². The Balaban J connectivity index is 1.76. The van der Waals surface area contributed by atoms with Crippen molar-refractivity contribution in [3.05, 3.63) is 0 Å². The topological polar surface area (TPSA) is 41.6 Å². The van der Waals surface area contributed by atoms with Crippen molar-refractivity contribution >= 4 is 6.09 Å². The van der Waals surface area contributed by atoms with Crippen molar-refractivity contribution in [1.29, 1.82) is 0 Å². The smallest absolute Gasteiger partial charge is 0.407 e. The number of nitrogens with one attached hydrogen (secondary N) is 1. The van der Waals surface area contributed by atoms with Gasteiger partial charge in [0.15, 0.2) is 0 Å². The standard InChI is InChI=1S/C16H30N2O2/c1-15(2,3)20-14(19)17-13-5-7-16(8-6-13)9-11-18(4)12-10-16/h13H,5-12H2,1-4H3,(H,17,19). The van der Waals surface area contributed by atoms with E-state index in [9.17, 15) is 4.79 Å². The molecule has 0 aromatic heterocycles. The molecule has 1 aliphatic carbocycles. The number of rotatable bonds is 1. The molecule has 1 aliphatic heterocycles. The van der Waals surface area contributed by atoms with Crippen molar-refractivity contribution in [3.8, 4) is 0 Å². The van der Waals surface area contributed by atoms with Crippen LogP contribution in [0.15, 0.2) is 0 Å². The highest BCUT2D eigenvalue weighted by Crippen LogP contribution is 2.44. The van der Waals surface area contributed by atoms with Crippen molar-refractivity contribution in [3.63, 3.8) is 0 Å². The van der Waals surface area contributed by atoms with E-state index in [0.717, 1.165) is 12.8 Å². The van der Waals surface area contributed by atoms with Gasteiger partial charge in [0.05, 0.1) is 0 Å². The Labute approximate surface area is 123 Å². The van der Waals surface area contributed by atoms with E-state index in [-0.39, 0.29) is 6.09 Å². The van der Waals surface area contributed by atoms with E-state index in [1.807, 2.05) is 20.8 Å². The van der Waals surface area contributed by atoms with Gasteiger partial charge >= 0.3 is 6.09 Å². The molecular weight excluding hydrogens is 252 g/mol. The molecule has 1 heterocycles. The zero-order valence-corrected chi connectivity index (χ0v) is 13.5. The average molecular weight is 282 g/mol. The summed E-state index contributed by atoms with van der Waals surface area (Å²) in [5.74, 6) is 0. The van der Waals surface area contributed by atoms with Gasteiger partial charge in [-0.3, -0.25) is 0 Å². The summed E-state index contributed by atoms with van der Waals surface area (Å²) in [6.45, 7) is 8.16. The Morgan fingerprint density at radius 1 is 1.15 bits per heavy atom. The maximum absolute atomic E-state index is 11.8. The van der Waals surface area contributed by atoms with Crippen molar-refractivity contribution in [2.45, 2.75) is 70.9 Å². The summed E-state index contributed by atoms with van der Waals surface area (Å²) < 4.78 is 5.33. The van der Waals surface area contributed by atoms with Gasteiger partial charge in [-0.15, -0.1) is 0 Å². The number of amides is 1.